The van der Waals surface area contributed by atoms with Crippen LogP contribution in [0.5, 0.6) is 0 Å². The lowest BCUT2D eigenvalue weighted by atomic mass is 10.2. The fraction of sp³-hybridized carbons (Fsp3) is 0.0625. The third-order valence-corrected chi connectivity index (χ3v) is 3.57. The van der Waals surface area contributed by atoms with E-state index in [9.17, 15) is 4.79 Å². The fourth-order valence-corrected chi connectivity index (χ4v) is 1.99. The molecular weight excluding hydrogens is 337 g/mol. The summed E-state index contributed by atoms with van der Waals surface area (Å²) in [5.74, 6) is -0.371. The van der Waals surface area contributed by atoms with Crippen molar-refractivity contribution in [1.29, 1.82) is 5.26 Å². The van der Waals surface area contributed by atoms with E-state index in [1.54, 1.807) is 42.5 Å². The summed E-state index contributed by atoms with van der Waals surface area (Å²) in [6.07, 6.45) is 1.38. The quantitative estimate of drug-likeness (QED) is 0.659. The molecule has 2 aromatic rings. The van der Waals surface area contributed by atoms with Gasteiger partial charge < -0.3 is 10.2 Å². The van der Waals surface area contributed by atoms with E-state index in [4.69, 9.17) is 33.3 Å². The standard InChI is InChI=1S/C16H11Cl2N3O2/c17-14-3-1-2-12(16(14)18)9-20-23-10-15(22)21-13-6-4-11(8-19)5-7-13/h1-7,9H,10H2,(H,21,22)/b20-9-. The highest BCUT2D eigenvalue weighted by Crippen LogP contribution is 2.24. The molecule has 7 heteroatoms. The molecule has 0 atom stereocenters. The topological polar surface area (TPSA) is 74.5 Å². The minimum Gasteiger partial charge on any atom is -0.386 e. The minimum absolute atomic E-state index is 0.255. The molecule has 0 radical (unpaired) electrons. The molecule has 0 aliphatic rings. The molecule has 0 fully saturated rings. The van der Waals surface area contributed by atoms with Crippen molar-refractivity contribution in [3.63, 3.8) is 0 Å². The number of nitriles is 1. The SMILES string of the molecule is N#Cc1ccc(NC(=O)CO/N=C\c2cccc(Cl)c2Cl)cc1. The van der Waals surface area contributed by atoms with Gasteiger partial charge in [0, 0.05) is 11.3 Å². The molecule has 116 valence electrons. The molecule has 0 aromatic heterocycles. The van der Waals surface area contributed by atoms with Crippen LogP contribution in [0.15, 0.2) is 47.6 Å². The molecule has 0 saturated carbocycles. The Labute approximate surface area is 143 Å². The predicted molar refractivity (Wildman–Crippen MR) is 89.8 cm³/mol. The summed E-state index contributed by atoms with van der Waals surface area (Å²) in [7, 11) is 0. The van der Waals surface area contributed by atoms with E-state index in [0.29, 0.717) is 26.9 Å². The smallest absolute Gasteiger partial charge is 0.265 e. The van der Waals surface area contributed by atoms with Crippen LogP contribution in [0.1, 0.15) is 11.1 Å². The van der Waals surface area contributed by atoms with Crippen LogP contribution in [-0.2, 0) is 9.63 Å². The van der Waals surface area contributed by atoms with Gasteiger partial charge in [-0.3, -0.25) is 4.79 Å². The molecule has 1 N–H and O–H groups in total. The Balaban J connectivity index is 1.83. The first-order valence-corrected chi connectivity index (χ1v) is 7.25. The van der Waals surface area contributed by atoms with Crippen molar-refractivity contribution in [2.24, 2.45) is 5.16 Å². The Kier molecular flexibility index (Phi) is 5.98. The first-order chi connectivity index (χ1) is 11.1. The maximum absolute atomic E-state index is 11.7. The van der Waals surface area contributed by atoms with E-state index >= 15 is 0 Å². The molecular formula is C16H11Cl2N3O2. The van der Waals surface area contributed by atoms with Gasteiger partial charge in [-0.05, 0) is 30.3 Å². The maximum Gasteiger partial charge on any atom is 0.265 e. The Morgan fingerprint density at radius 3 is 2.70 bits per heavy atom. The summed E-state index contributed by atoms with van der Waals surface area (Å²) < 4.78 is 0. The van der Waals surface area contributed by atoms with Gasteiger partial charge in [0.2, 0.25) is 0 Å². The van der Waals surface area contributed by atoms with E-state index in [0.717, 1.165) is 0 Å². The second-order valence-electron chi connectivity index (χ2n) is 4.39. The number of halogens is 2. The number of anilines is 1. The first-order valence-electron chi connectivity index (χ1n) is 6.49. The number of benzene rings is 2. The Bertz CT molecular complexity index is 768. The Hall–Kier alpha value is -2.55. The van der Waals surface area contributed by atoms with Crippen molar-refractivity contribution in [2.75, 3.05) is 11.9 Å². The normalized spacial score (nSPS) is 10.3. The summed E-state index contributed by atoms with van der Waals surface area (Å²) in [5, 5.41) is 15.8. The van der Waals surface area contributed by atoms with Crippen molar-refractivity contribution in [3.8, 4) is 6.07 Å². The number of oxime groups is 1. The van der Waals surface area contributed by atoms with Crippen molar-refractivity contribution >= 4 is 41.0 Å². The zero-order valence-electron chi connectivity index (χ0n) is 11.8. The summed E-state index contributed by atoms with van der Waals surface area (Å²) in [6, 6.07) is 13.6. The van der Waals surface area contributed by atoms with E-state index < -0.39 is 0 Å². The number of carbonyl (C=O) groups is 1. The summed E-state index contributed by atoms with van der Waals surface area (Å²) in [4.78, 5) is 16.6. The van der Waals surface area contributed by atoms with Gasteiger partial charge in [-0.15, -0.1) is 0 Å². The van der Waals surface area contributed by atoms with Gasteiger partial charge in [0.25, 0.3) is 5.91 Å². The Morgan fingerprint density at radius 2 is 2.00 bits per heavy atom. The van der Waals surface area contributed by atoms with E-state index in [-0.39, 0.29) is 12.5 Å². The number of carbonyl (C=O) groups excluding carboxylic acids is 1. The molecule has 0 aliphatic carbocycles. The van der Waals surface area contributed by atoms with Gasteiger partial charge >= 0.3 is 0 Å². The molecule has 0 bridgehead atoms. The Morgan fingerprint density at radius 1 is 1.26 bits per heavy atom. The number of hydrogen-bond donors (Lipinski definition) is 1. The van der Waals surface area contributed by atoms with Gasteiger partial charge in [-0.2, -0.15) is 5.26 Å². The predicted octanol–water partition coefficient (Wildman–Crippen LogP) is 3.85. The largest absolute Gasteiger partial charge is 0.386 e. The van der Waals surface area contributed by atoms with Gasteiger partial charge in [0.1, 0.15) is 0 Å². The lowest BCUT2D eigenvalue weighted by Gasteiger charge is -2.04. The van der Waals surface area contributed by atoms with Crippen LogP contribution in [0.3, 0.4) is 0 Å². The second kappa shape index (κ2) is 8.18. The molecule has 0 unspecified atom stereocenters. The number of rotatable bonds is 5. The van der Waals surface area contributed by atoms with E-state index in [1.165, 1.54) is 6.21 Å². The molecule has 5 nitrogen and oxygen atoms in total. The maximum atomic E-state index is 11.7. The monoisotopic (exact) mass is 347 g/mol. The van der Waals surface area contributed by atoms with Crippen molar-refractivity contribution < 1.29 is 9.63 Å². The fourth-order valence-electron chi connectivity index (χ4n) is 1.64. The van der Waals surface area contributed by atoms with Crippen LogP contribution in [0.2, 0.25) is 10.0 Å². The van der Waals surface area contributed by atoms with Crippen LogP contribution in [0, 0.1) is 11.3 Å². The van der Waals surface area contributed by atoms with Crippen molar-refractivity contribution in [1.82, 2.24) is 0 Å². The van der Waals surface area contributed by atoms with Gasteiger partial charge in [0.05, 0.1) is 27.9 Å². The number of nitrogens with zero attached hydrogens (tertiary/aromatic N) is 2. The number of amides is 1. The zero-order valence-corrected chi connectivity index (χ0v) is 13.3. The highest BCUT2D eigenvalue weighted by atomic mass is 35.5. The summed E-state index contributed by atoms with van der Waals surface area (Å²) in [5.41, 5.74) is 1.67. The second-order valence-corrected chi connectivity index (χ2v) is 5.17. The van der Waals surface area contributed by atoms with Crippen molar-refractivity contribution in [3.05, 3.63) is 63.6 Å². The molecule has 0 heterocycles. The van der Waals surface area contributed by atoms with Gasteiger partial charge in [0.15, 0.2) is 6.61 Å². The molecule has 0 saturated heterocycles. The molecule has 1 amide bonds. The lowest BCUT2D eigenvalue weighted by molar-refractivity contribution is -0.120. The lowest BCUT2D eigenvalue weighted by Crippen LogP contribution is -2.16. The molecule has 2 aromatic carbocycles. The summed E-state index contributed by atoms with van der Waals surface area (Å²) in [6.45, 7) is -0.255. The van der Waals surface area contributed by atoms with Crippen LogP contribution in [0.25, 0.3) is 0 Å². The average Bonchev–Trinajstić information content (AvgIpc) is 2.56. The van der Waals surface area contributed by atoms with Crippen molar-refractivity contribution in [2.45, 2.75) is 0 Å². The molecule has 0 aliphatic heterocycles. The van der Waals surface area contributed by atoms with Crippen LogP contribution >= 0.6 is 23.2 Å². The minimum atomic E-state index is -0.371. The van der Waals surface area contributed by atoms with E-state index in [2.05, 4.69) is 10.5 Å². The van der Waals surface area contributed by atoms with Crippen LogP contribution in [0.4, 0.5) is 5.69 Å². The van der Waals surface area contributed by atoms with Crippen LogP contribution < -0.4 is 5.32 Å². The molecule has 0 spiro atoms. The number of nitrogens with one attached hydrogen (secondary N) is 1. The molecule has 2 rings (SSSR count). The van der Waals surface area contributed by atoms with Gasteiger partial charge in [-0.25, -0.2) is 0 Å². The highest BCUT2D eigenvalue weighted by molar-refractivity contribution is 6.43. The summed E-state index contributed by atoms with van der Waals surface area (Å²) >= 11 is 11.9. The van der Waals surface area contributed by atoms with E-state index in [1.807, 2.05) is 6.07 Å². The third kappa shape index (κ3) is 4.99. The zero-order chi connectivity index (χ0) is 16.7. The first kappa shape index (κ1) is 16.8. The molecule has 23 heavy (non-hydrogen) atoms. The third-order valence-electron chi connectivity index (χ3n) is 2.74. The van der Waals surface area contributed by atoms with Gasteiger partial charge in [-0.1, -0.05) is 40.5 Å². The van der Waals surface area contributed by atoms with Crippen LogP contribution in [-0.4, -0.2) is 18.7 Å². The number of hydrogen-bond acceptors (Lipinski definition) is 4. The highest BCUT2D eigenvalue weighted by Gasteiger charge is 2.04. The average molecular weight is 348 g/mol.